The number of hydrogen-bond acceptors (Lipinski definition) is 3. The molecule has 0 saturated carbocycles. The molecule has 2 aliphatic heterocycles. The van der Waals surface area contributed by atoms with E-state index in [0.29, 0.717) is 5.41 Å². The summed E-state index contributed by atoms with van der Waals surface area (Å²) in [6.07, 6.45) is 3.40. The molecule has 0 spiro atoms. The number of fused-ring (bicyclic) bond motifs is 1. The van der Waals surface area contributed by atoms with Crippen molar-refractivity contribution in [2.45, 2.75) is 47.2 Å². The topological polar surface area (TPSA) is 30.3 Å². The summed E-state index contributed by atoms with van der Waals surface area (Å²) in [7, 11) is 0. The van der Waals surface area contributed by atoms with Gasteiger partial charge in [-0.05, 0) is 6.92 Å². The third kappa shape index (κ3) is 3.57. The molecule has 0 N–H and O–H groups in total. The highest BCUT2D eigenvalue weighted by molar-refractivity contribution is 5.04. The second-order valence-electron chi connectivity index (χ2n) is 6.21. The fraction of sp³-hybridized carbons (Fsp3) is 0.800. The lowest BCUT2D eigenvalue weighted by atomic mass is 9.88. The highest BCUT2D eigenvalue weighted by Crippen LogP contribution is 2.28. The largest absolute Gasteiger partial charge is 0.380 e. The van der Waals surface area contributed by atoms with Crippen LogP contribution in [0.2, 0.25) is 0 Å². The highest BCUT2D eigenvalue weighted by Gasteiger charge is 2.36. The molecular formula is C15H27N3O. The quantitative estimate of drug-likeness (QED) is 0.823. The van der Waals surface area contributed by atoms with E-state index in [-0.39, 0.29) is 0 Å². The van der Waals surface area contributed by atoms with Crippen molar-refractivity contribution in [2.24, 2.45) is 5.41 Å². The Bertz CT molecular complexity index is 410. The Labute approximate surface area is 116 Å². The maximum Gasteiger partial charge on any atom is 0.123 e. The molecule has 4 nitrogen and oxygen atoms in total. The zero-order valence-corrected chi connectivity index (χ0v) is 12.8. The third-order valence-corrected chi connectivity index (χ3v) is 3.51. The number of imidazole rings is 1. The van der Waals surface area contributed by atoms with Gasteiger partial charge in [0, 0.05) is 31.2 Å². The van der Waals surface area contributed by atoms with E-state index in [2.05, 4.69) is 48.3 Å². The zero-order valence-electron chi connectivity index (χ0n) is 12.8. The molecule has 0 amide bonds. The fourth-order valence-electron chi connectivity index (χ4n) is 2.66. The van der Waals surface area contributed by atoms with Gasteiger partial charge in [-0.25, -0.2) is 4.98 Å². The summed E-state index contributed by atoms with van der Waals surface area (Å²) in [5, 5.41) is 0. The van der Waals surface area contributed by atoms with Gasteiger partial charge in [-0.3, -0.25) is 4.90 Å². The van der Waals surface area contributed by atoms with Gasteiger partial charge in [-0.1, -0.05) is 27.2 Å². The first-order valence-corrected chi connectivity index (χ1v) is 7.39. The Balaban J connectivity index is 0.000000408. The van der Waals surface area contributed by atoms with E-state index in [4.69, 9.17) is 4.74 Å². The van der Waals surface area contributed by atoms with Crippen LogP contribution in [0.4, 0.5) is 0 Å². The first-order chi connectivity index (χ1) is 9.06. The molecule has 4 heteroatoms. The van der Waals surface area contributed by atoms with Crippen LogP contribution >= 0.6 is 0 Å². The van der Waals surface area contributed by atoms with E-state index in [1.54, 1.807) is 0 Å². The summed E-state index contributed by atoms with van der Waals surface area (Å²) >= 11 is 0. The fourth-order valence-corrected chi connectivity index (χ4v) is 2.66. The van der Waals surface area contributed by atoms with Crippen LogP contribution in [-0.2, 0) is 17.8 Å². The molecule has 3 heterocycles. The molecule has 1 aromatic heterocycles. The van der Waals surface area contributed by atoms with Gasteiger partial charge >= 0.3 is 0 Å². The standard InChI is InChI=1S/C12H19N3O.C3H8/c1-10-5-15-4-3-14(6-11(15)13-10)7-12(2)8-16-9-12;1-3-2/h5H,3-4,6-9H2,1-2H3;3H2,1-2H3. The van der Waals surface area contributed by atoms with E-state index in [9.17, 15) is 0 Å². The van der Waals surface area contributed by atoms with Crippen LogP contribution in [0.25, 0.3) is 0 Å². The van der Waals surface area contributed by atoms with Crippen molar-refractivity contribution in [1.82, 2.24) is 14.5 Å². The number of nitrogens with zero attached hydrogens (tertiary/aromatic N) is 3. The molecule has 2 aliphatic rings. The summed E-state index contributed by atoms with van der Waals surface area (Å²) < 4.78 is 7.59. The molecule has 0 bridgehead atoms. The lowest BCUT2D eigenvalue weighted by Crippen LogP contribution is -2.50. The van der Waals surface area contributed by atoms with Crippen LogP contribution in [0.3, 0.4) is 0 Å². The van der Waals surface area contributed by atoms with Gasteiger partial charge in [0.25, 0.3) is 0 Å². The Morgan fingerprint density at radius 1 is 1.32 bits per heavy atom. The summed E-state index contributed by atoms with van der Waals surface area (Å²) in [6, 6.07) is 0. The van der Waals surface area contributed by atoms with Crippen LogP contribution in [0.1, 0.15) is 38.7 Å². The maximum atomic E-state index is 5.31. The van der Waals surface area contributed by atoms with E-state index >= 15 is 0 Å². The van der Waals surface area contributed by atoms with Crippen molar-refractivity contribution >= 4 is 0 Å². The Kier molecular flexibility index (Phi) is 4.63. The zero-order chi connectivity index (χ0) is 13.9. The summed E-state index contributed by atoms with van der Waals surface area (Å²) in [4.78, 5) is 7.07. The molecule has 0 unspecified atom stereocenters. The first kappa shape index (κ1) is 14.5. The molecule has 19 heavy (non-hydrogen) atoms. The predicted molar refractivity (Wildman–Crippen MR) is 77.1 cm³/mol. The molecule has 0 radical (unpaired) electrons. The van der Waals surface area contributed by atoms with Gasteiger partial charge in [0.05, 0.1) is 25.5 Å². The smallest absolute Gasteiger partial charge is 0.123 e. The van der Waals surface area contributed by atoms with Crippen molar-refractivity contribution in [2.75, 3.05) is 26.3 Å². The van der Waals surface area contributed by atoms with Gasteiger partial charge in [-0.2, -0.15) is 0 Å². The minimum absolute atomic E-state index is 0.379. The molecule has 1 saturated heterocycles. The molecule has 0 atom stereocenters. The Morgan fingerprint density at radius 2 is 2.00 bits per heavy atom. The van der Waals surface area contributed by atoms with Crippen LogP contribution < -0.4 is 0 Å². The molecule has 1 fully saturated rings. The second-order valence-corrected chi connectivity index (χ2v) is 6.21. The number of ether oxygens (including phenoxy) is 1. The van der Waals surface area contributed by atoms with Gasteiger partial charge in [0.2, 0.25) is 0 Å². The van der Waals surface area contributed by atoms with Crippen LogP contribution in [-0.4, -0.2) is 40.8 Å². The molecule has 108 valence electrons. The number of aryl methyl sites for hydroxylation is 1. The van der Waals surface area contributed by atoms with Crippen molar-refractivity contribution in [3.8, 4) is 0 Å². The number of hydrogen-bond donors (Lipinski definition) is 0. The van der Waals surface area contributed by atoms with Crippen LogP contribution in [0.5, 0.6) is 0 Å². The summed E-state index contributed by atoms with van der Waals surface area (Å²) in [6.45, 7) is 14.8. The maximum absolute atomic E-state index is 5.31. The van der Waals surface area contributed by atoms with E-state index in [1.165, 1.54) is 12.2 Å². The minimum atomic E-state index is 0.379. The molecule has 3 rings (SSSR count). The normalized spacial score (nSPS) is 21.1. The van der Waals surface area contributed by atoms with Crippen molar-refractivity contribution in [3.63, 3.8) is 0 Å². The molecule has 0 aliphatic carbocycles. The summed E-state index contributed by atoms with van der Waals surface area (Å²) in [5.74, 6) is 1.22. The second kappa shape index (κ2) is 6.06. The van der Waals surface area contributed by atoms with Gasteiger partial charge in [-0.15, -0.1) is 0 Å². The Morgan fingerprint density at radius 3 is 2.58 bits per heavy atom. The lowest BCUT2D eigenvalue weighted by Gasteiger charge is -2.42. The van der Waals surface area contributed by atoms with Crippen LogP contribution in [0, 0.1) is 12.3 Å². The van der Waals surface area contributed by atoms with Gasteiger partial charge in [0.15, 0.2) is 0 Å². The number of aromatic nitrogens is 2. The van der Waals surface area contributed by atoms with Crippen molar-refractivity contribution in [3.05, 3.63) is 17.7 Å². The van der Waals surface area contributed by atoms with Gasteiger partial charge < -0.3 is 9.30 Å². The van der Waals surface area contributed by atoms with E-state index < -0.39 is 0 Å². The van der Waals surface area contributed by atoms with Gasteiger partial charge in [0.1, 0.15) is 5.82 Å². The van der Waals surface area contributed by atoms with Crippen molar-refractivity contribution < 1.29 is 4.74 Å². The monoisotopic (exact) mass is 265 g/mol. The highest BCUT2D eigenvalue weighted by atomic mass is 16.5. The SMILES string of the molecule is CCC.Cc1cn2c(n1)CN(CC1(C)COC1)CC2. The first-order valence-electron chi connectivity index (χ1n) is 7.39. The third-order valence-electron chi connectivity index (χ3n) is 3.51. The van der Waals surface area contributed by atoms with E-state index in [1.807, 2.05) is 0 Å². The summed E-state index contributed by atoms with van der Waals surface area (Å²) in [5.41, 5.74) is 1.51. The molecule has 0 aromatic carbocycles. The minimum Gasteiger partial charge on any atom is -0.380 e. The average Bonchev–Trinajstić information content (AvgIpc) is 2.67. The molecular weight excluding hydrogens is 238 g/mol. The number of rotatable bonds is 2. The van der Waals surface area contributed by atoms with Crippen LogP contribution in [0.15, 0.2) is 6.20 Å². The lowest BCUT2D eigenvalue weighted by molar-refractivity contribution is -0.117. The average molecular weight is 265 g/mol. The Hall–Kier alpha value is -0.870. The predicted octanol–water partition coefficient (Wildman–Crippen LogP) is 2.46. The van der Waals surface area contributed by atoms with E-state index in [0.717, 1.165) is 45.1 Å². The molecule has 1 aromatic rings. The van der Waals surface area contributed by atoms with Crippen molar-refractivity contribution in [1.29, 1.82) is 0 Å².